The average molecular weight is 263 g/mol. The van der Waals surface area contributed by atoms with Crippen molar-refractivity contribution in [2.75, 3.05) is 34.3 Å². The lowest BCUT2D eigenvalue weighted by Gasteiger charge is -2.18. The highest BCUT2D eigenvalue weighted by atomic mass is 16.5. The fourth-order valence-corrected chi connectivity index (χ4v) is 2.33. The van der Waals surface area contributed by atoms with Crippen LogP contribution in [0.2, 0.25) is 0 Å². The number of nitrogens with one attached hydrogen (secondary N) is 1. The zero-order chi connectivity index (χ0) is 13.8. The first-order valence-electron chi connectivity index (χ1n) is 6.46. The minimum absolute atomic E-state index is 0.0843. The van der Waals surface area contributed by atoms with Gasteiger partial charge in [0.15, 0.2) is 0 Å². The predicted octanol–water partition coefficient (Wildman–Crippen LogP) is 1.28. The van der Waals surface area contributed by atoms with E-state index in [2.05, 4.69) is 11.4 Å². The number of urea groups is 1. The molecule has 5 nitrogen and oxygen atoms in total. The fourth-order valence-electron chi connectivity index (χ4n) is 2.33. The molecule has 104 valence electrons. The van der Waals surface area contributed by atoms with E-state index >= 15 is 0 Å². The third kappa shape index (κ3) is 2.98. The van der Waals surface area contributed by atoms with E-state index in [1.165, 1.54) is 5.56 Å². The molecule has 1 aromatic carbocycles. The van der Waals surface area contributed by atoms with E-state index in [1.54, 1.807) is 12.0 Å². The van der Waals surface area contributed by atoms with Gasteiger partial charge in [0.25, 0.3) is 0 Å². The molecule has 0 saturated carbocycles. The van der Waals surface area contributed by atoms with Crippen LogP contribution < -0.4 is 10.1 Å². The van der Waals surface area contributed by atoms with E-state index in [0.29, 0.717) is 6.54 Å². The van der Waals surface area contributed by atoms with Crippen LogP contribution in [0.5, 0.6) is 5.75 Å². The lowest BCUT2D eigenvalue weighted by atomic mass is 10.1. The second-order valence-electron chi connectivity index (χ2n) is 4.80. The van der Waals surface area contributed by atoms with E-state index in [4.69, 9.17) is 4.74 Å². The van der Waals surface area contributed by atoms with E-state index in [0.717, 1.165) is 30.9 Å². The molecule has 0 atom stereocenters. The van der Waals surface area contributed by atoms with Crippen molar-refractivity contribution in [1.82, 2.24) is 15.1 Å². The van der Waals surface area contributed by atoms with Crippen LogP contribution in [0.25, 0.3) is 0 Å². The largest absolute Gasteiger partial charge is 0.496 e. The number of benzene rings is 1. The van der Waals surface area contributed by atoms with Crippen LogP contribution in [0.1, 0.15) is 11.1 Å². The van der Waals surface area contributed by atoms with Crippen molar-refractivity contribution in [3.63, 3.8) is 0 Å². The molecule has 1 aliphatic rings. The van der Waals surface area contributed by atoms with Gasteiger partial charge in [-0.3, -0.25) is 0 Å². The van der Waals surface area contributed by atoms with Crippen LogP contribution in [0, 0.1) is 0 Å². The summed E-state index contributed by atoms with van der Waals surface area (Å²) >= 11 is 0. The maximum Gasteiger partial charge on any atom is 0.320 e. The molecule has 1 aromatic rings. The Morgan fingerprint density at radius 2 is 2.16 bits per heavy atom. The van der Waals surface area contributed by atoms with Crippen molar-refractivity contribution in [2.45, 2.75) is 13.1 Å². The number of hydrogen-bond donors (Lipinski definition) is 1. The highest BCUT2D eigenvalue weighted by Crippen LogP contribution is 2.23. The summed E-state index contributed by atoms with van der Waals surface area (Å²) in [5.41, 5.74) is 2.25. The highest BCUT2D eigenvalue weighted by Gasteiger charge is 2.25. The molecular formula is C14H21N3O2. The summed E-state index contributed by atoms with van der Waals surface area (Å²) in [6.45, 7) is 2.97. The number of methoxy groups -OCH3 is 1. The molecule has 1 heterocycles. The number of hydrogen-bond acceptors (Lipinski definition) is 3. The molecular weight excluding hydrogens is 242 g/mol. The summed E-state index contributed by atoms with van der Waals surface area (Å²) in [7, 11) is 5.41. The Kier molecular flexibility index (Phi) is 4.27. The van der Waals surface area contributed by atoms with Crippen LogP contribution in [-0.2, 0) is 13.1 Å². The lowest BCUT2D eigenvalue weighted by Crippen LogP contribution is -2.29. The number of carbonyl (C=O) groups excluding carboxylic acids is 1. The quantitative estimate of drug-likeness (QED) is 0.870. The number of ether oxygens (including phenoxy) is 1. The Balaban J connectivity index is 2.17. The lowest BCUT2D eigenvalue weighted by molar-refractivity contribution is 0.196. The smallest absolute Gasteiger partial charge is 0.320 e. The van der Waals surface area contributed by atoms with Gasteiger partial charge in [-0.1, -0.05) is 6.07 Å². The van der Waals surface area contributed by atoms with Gasteiger partial charge in [0.05, 0.1) is 13.7 Å². The van der Waals surface area contributed by atoms with Crippen LogP contribution in [0.3, 0.4) is 0 Å². The second-order valence-corrected chi connectivity index (χ2v) is 4.80. The maximum atomic E-state index is 11.9. The molecule has 0 aliphatic carbocycles. The van der Waals surface area contributed by atoms with Gasteiger partial charge in [0.1, 0.15) is 5.75 Å². The molecule has 1 N–H and O–H groups in total. The molecule has 19 heavy (non-hydrogen) atoms. The third-order valence-corrected chi connectivity index (χ3v) is 3.39. The number of likely N-dealkylation sites (N-methyl/N-ethyl adjacent to an activating group) is 1. The van der Waals surface area contributed by atoms with Gasteiger partial charge in [-0.2, -0.15) is 0 Å². The third-order valence-electron chi connectivity index (χ3n) is 3.39. The Morgan fingerprint density at radius 3 is 2.74 bits per heavy atom. The van der Waals surface area contributed by atoms with Crippen LogP contribution >= 0.6 is 0 Å². The van der Waals surface area contributed by atoms with Gasteiger partial charge in [-0.05, 0) is 24.7 Å². The minimum Gasteiger partial charge on any atom is -0.496 e. The summed E-state index contributed by atoms with van der Waals surface area (Å²) in [4.78, 5) is 15.5. The van der Waals surface area contributed by atoms with Crippen molar-refractivity contribution >= 4 is 6.03 Å². The van der Waals surface area contributed by atoms with Gasteiger partial charge in [-0.15, -0.1) is 0 Å². The Hall–Kier alpha value is -1.75. The van der Waals surface area contributed by atoms with E-state index < -0.39 is 0 Å². The zero-order valence-corrected chi connectivity index (χ0v) is 11.8. The topological polar surface area (TPSA) is 44.8 Å². The summed E-state index contributed by atoms with van der Waals surface area (Å²) in [6.07, 6.45) is 0. The average Bonchev–Trinajstić information content (AvgIpc) is 2.72. The predicted molar refractivity (Wildman–Crippen MR) is 74.2 cm³/mol. The van der Waals surface area contributed by atoms with Crippen molar-refractivity contribution in [2.24, 2.45) is 0 Å². The van der Waals surface area contributed by atoms with Crippen LogP contribution in [0.4, 0.5) is 4.79 Å². The van der Waals surface area contributed by atoms with Gasteiger partial charge in [-0.25, -0.2) is 4.79 Å². The SMILES string of the molecule is CNCc1ccc(OC)c(CN2CCN(C)C2=O)c1. The Bertz CT molecular complexity index is 462. The minimum atomic E-state index is 0.0843. The molecule has 0 aromatic heterocycles. The molecule has 1 fully saturated rings. The molecule has 1 aliphatic heterocycles. The number of amides is 2. The summed E-state index contributed by atoms with van der Waals surface area (Å²) < 4.78 is 5.38. The molecule has 1 saturated heterocycles. The standard InChI is InChI=1S/C14H21N3O2/c1-15-9-11-4-5-13(19-3)12(8-11)10-17-7-6-16(2)14(17)18/h4-5,8,15H,6-7,9-10H2,1-3H3. The molecule has 0 radical (unpaired) electrons. The van der Waals surface area contributed by atoms with Gasteiger partial charge in [0.2, 0.25) is 0 Å². The molecule has 2 amide bonds. The first-order chi connectivity index (χ1) is 9.15. The molecule has 0 spiro atoms. The maximum absolute atomic E-state index is 11.9. The molecule has 0 unspecified atom stereocenters. The van der Waals surface area contributed by atoms with Crippen LogP contribution in [-0.4, -0.2) is 50.1 Å². The Morgan fingerprint density at radius 1 is 1.37 bits per heavy atom. The number of carbonyl (C=O) groups is 1. The fraction of sp³-hybridized carbons (Fsp3) is 0.500. The highest BCUT2D eigenvalue weighted by molar-refractivity contribution is 5.76. The van der Waals surface area contributed by atoms with Gasteiger partial charge < -0.3 is 19.9 Å². The van der Waals surface area contributed by atoms with Gasteiger partial charge in [0, 0.05) is 32.2 Å². The number of nitrogens with zero attached hydrogens (tertiary/aromatic N) is 2. The van der Waals surface area contributed by atoms with E-state index in [-0.39, 0.29) is 6.03 Å². The summed E-state index contributed by atoms with van der Waals surface area (Å²) in [5.74, 6) is 0.835. The van der Waals surface area contributed by atoms with E-state index in [9.17, 15) is 4.79 Å². The van der Waals surface area contributed by atoms with Crippen LogP contribution in [0.15, 0.2) is 18.2 Å². The first kappa shape index (κ1) is 13.7. The van der Waals surface area contributed by atoms with Gasteiger partial charge >= 0.3 is 6.03 Å². The monoisotopic (exact) mass is 263 g/mol. The summed E-state index contributed by atoms with van der Waals surface area (Å²) in [6, 6.07) is 6.19. The molecule has 0 bridgehead atoms. The zero-order valence-electron chi connectivity index (χ0n) is 11.8. The Labute approximate surface area is 114 Å². The summed E-state index contributed by atoms with van der Waals surface area (Å²) in [5, 5.41) is 3.13. The normalized spacial score (nSPS) is 15.2. The van der Waals surface area contributed by atoms with Crippen molar-refractivity contribution < 1.29 is 9.53 Å². The van der Waals surface area contributed by atoms with Crippen molar-refractivity contribution in [3.05, 3.63) is 29.3 Å². The second kappa shape index (κ2) is 5.93. The van der Waals surface area contributed by atoms with E-state index in [1.807, 2.05) is 31.1 Å². The number of rotatable bonds is 5. The van der Waals surface area contributed by atoms with Crippen molar-refractivity contribution in [1.29, 1.82) is 0 Å². The first-order valence-corrected chi connectivity index (χ1v) is 6.46. The van der Waals surface area contributed by atoms with Crippen molar-refractivity contribution in [3.8, 4) is 5.75 Å². The molecule has 2 rings (SSSR count). The molecule has 5 heteroatoms.